The molecule has 1 saturated carbocycles. The highest BCUT2D eigenvalue weighted by molar-refractivity contribution is 9.10. The van der Waals surface area contributed by atoms with Gasteiger partial charge in [-0.3, -0.25) is 4.79 Å². The summed E-state index contributed by atoms with van der Waals surface area (Å²) in [5.41, 5.74) is 1.16. The molecule has 0 atom stereocenters. The molecule has 0 saturated heterocycles. The quantitative estimate of drug-likeness (QED) is 0.551. The molecule has 0 N–H and O–H groups in total. The Bertz CT molecular complexity index is 769. The van der Waals surface area contributed by atoms with Crippen LogP contribution in [0.1, 0.15) is 17.7 Å². The van der Waals surface area contributed by atoms with Crippen LogP contribution in [0.15, 0.2) is 46.9 Å². The summed E-state index contributed by atoms with van der Waals surface area (Å²) in [6.45, 7) is 0.169. The van der Waals surface area contributed by atoms with Gasteiger partial charge >= 0.3 is 0 Å². The van der Waals surface area contributed by atoms with Crippen molar-refractivity contribution in [2.45, 2.75) is 18.9 Å². The van der Waals surface area contributed by atoms with E-state index in [1.807, 2.05) is 24.3 Å². The summed E-state index contributed by atoms with van der Waals surface area (Å²) in [5, 5.41) is 8.83. The fraction of sp³-hybridized carbons (Fsp3) is 0.222. The van der Waals surface area contributed by atoms with Crippen LogP contribution in [0.3, 0.4) is 0 Å². The lowest BCUT2D eigenvalue weighted by Gasteiger charge is -2.16. The number of rotatable bonds is 5. The van der Waals surface area contributed by atoms with Gasteiger partial charge in [0.2, 0.25) is 5.91 Å². The lowest BCUT2D eigenvalue weighted by Crippen LogP contribution is -2.31. The van der Waals surface area contributed by atoms with Gasteiger partial charge in [0.25, 0.3) is 0 Å². The summed E-state index contributed by atoms with van der Waals surface area (Å²) >= 11 is 5.08. The summed E-state index contributed by atoms with van der Waals surface area (Å²) in [6, 6.07) is 14.6. The number of hydrogen-bond acceptors (Lipinski definition) is 3. The molecule has 1 fully saturated rings. The molecule has 116 valence electrons. The van der Waals surface area contributed by atoms with Crippen molar-refractivity contribution in [3.8, 4) is 16.5 Å². The van der Waals surface area contributed by atoms with Crippen LogP contribution in [0, 0.1) is 11.3 Å². The minimum atomic E-state index is -0.0763. The molecule has 0 spiro atoms. The molecule has 1 amide bonds. The predicted octanol–water partition coefficient (Wildman–Crippen LogP) is 4.71. The van der Waals surface area contributed by atoms with E-state index in [0.717, 1.165) is 27.8 Å². The molecule has 0 unspecified atom stereocenters. The van der Waals surface area contributed by atoms with Crippen molar-refractivity contribution < 1.29 is 4.79 Å². The van der Waals surface area contributed by atoms with E-state index in [-0.39, 0.29) is 18.5 Å². The standard InChI is InChI=1S/C18H15BrN2OS/c19-14-3-1-13(2-4-14)17-9-7-16(23-17)8-10-18(22)21(12-11-20)15-5-6-15/h1-4,7-10,15H,5-6,12H2/b10-8+. The van der Waals surface area contributed by atoms with E-state index >= 15 is 0 Å². The van der Waals surface area contributed by atoms with Gasteiger partial charge in [-0.2, -0.15) is 5.26 Å². The number of thiophene rings is 1. The zero-order chi connectivity index (χ0) is 16.2. The Morgan fingerprint density at radius 2 is 2.04 bits per heavy atom. The monoisotopic (exact) mass is 386 g/mol. The molecule has 1 heterocycles. The average Bonchev–Trinajstić information content (AvgIpc) is 3.28. The van der Waals surface area contributed by atoms with Gasteiger partial charge in [0.1, 0.15) is 6.54 Å². The van der Waals surface area contributed by atoms with Crippen LogP contribution in [0.25, 0.3) is 16.5 Å². The first-order valence-electron chi connectivity index (χ1n) is 7.39. The lowest BCUT2D eigenvalue weighted by atomic mass is 10.2. The maximum atomic E-state index is 12.2. The Morgan fingerprint density at radius 3 is 2.70 bits per heavy atom. The minimum Gasteiger partial charge on any atom is -0.323 e. The van der Waals surface area contributed by atoms with E-state index in [1.54, 1.807) is 22.3 Å². The number of carbonyl (C=O) groups excluding carboxylic acids is 1. The van der Waals surface area contributed by atoms with Crippen molar-refractivity contribution in [1.29, 1.82) is 5.26 Å². The molecule has 3 nitrogen and oxygen atoms in total. The highest BCUT2D eigenvalue weighted by Gasteiger charge is 2.31. The first-order valence-corrected chi connectivity index (χ1v) is 9.00. The molecule has 1 aliphatic rings. The number of amides is 1. The molecule has 23 heavy (non-hydrogen) atoms. The van der Waals surface area contributed by atoms with E-state index in [0.29, 0.717) is 0 Å². The first kappa shape index (κ1) is 16.0. The van der Waals surface area contributed by atoms with Crippen molar-refractivity contribution in [3.05, 3.63) is 51.8 Å². The maximum absolute atomic E-state index is 12.2. The number of carbonyl (C=O) groups is 1. The highest BCUT2D eigenvalue weighted by atomic mass is 79.9. The van der Waals surface area contributed by atoms with Gasteiger partial charge in [0, 0.05) is 26.3 Å². The molecule has 1 aliphatic carbocycles. The molecule has 5 heteroatoms. The molecule has 1 aromatic carbocycles. The van der Waals surface area contributed by atoms with Crippen molar-refractivity contribution >= 4 is 39.2 Å². The number of nitriles is 1. The van der Waals surface area contributed by atoms with Crippen molar-refractivity contribution in [1.82, 2.24) is 4.90 Å². The van der Waals surface area contributed by atoms with Crippen LogP contribution >= 0.6 is 27.3 Å². The second-order valence-corrected chi connectivity index (χ2v) is 7.43. The summed E-state index contributed by atoms with van der Waals surface area (Å²) in [7, 11) is 0. The summed E-state index contributed by atoms with van der Waals surface area (Å²) in [5.74, 6) is -0.0763. The number of benzene rings is 1. The molecule has 1 aromatic heterocycles. The van der Waals surface area contributed by atoms with E-state index in [2.05, 4.69) is 40.2 Å². The Balaban J connectivity index is 1.69. The van der Waals surface area contributed by atoms with Crippen LogP contribution in [0.4, 0.5) is 0 Å². The van der Waals surface area contributed by atoms with Gasteiger partial charge in [0.15, 0.2) is 0 Å². The van der Waals surface area contributed by atoms with E-state index in [1.165, 1.54) is 4.88 Å². The third kappa shape index (κ3) is 4.10. The van der Waals surface area contributed by atoms with Crippen LogP contribution < -0.4 is 0 Å². The smallest absolute Gasteiger partial charge is 0.247 e. The van der Waals surface area contributed by atoms with E-state index in [9.17, 15) is 4.79 Å². The average molecular weight is 387 g/mol. The topological polar surface area (TPSA) is 44.1 Å². The third-order valence-electron chi connectivity index (χ3n) is 3.66. The largest absolute Gasteiger partial charge is 0.323 e. The SMILES string of the molecule is N#CCN(C(=O)/C=C/c1ccc(-c2ccc(Br)cc2)s1)C1CC1. The van der Waals surface area contributed by atoms with Crippen LogP contribution in [-0.4, -0.2) is 23.4 Å². The first-order chi connectivity index (χ1) is 11.2. The second-order valence-electron chi connectivity index (χ2n) is 5.40. The fourth-order valence-electron chi connectivity index (χ4n) is 2.31. The zero-order valence-corrected chi connectivity index (χ0v) is 14.8. The van der Waals surface area contributed by atoms with Gasteiger partial charge in [-0.1, -0.05) is 28.1 Å². The maximum Gasteiger partial charge on any atom is 0.247 e. The molecule has 2 aromatic rings. The Morgan fingerprint density at radius 1 is 1.30 bits per heavy atom. The van der Waals surface area contributed by atoms with Gasteiger partial charge in [0.05, 0.1) is 6.07 Å². The van der Waals surface area contributed by atoms with Crippen LogP contribution in [0.5, 0.6) is 0 Å². The molecular formula is C18H15BrN2OS. The Kier molecular flexibility index (Phi) is 4.94. The van der Waals surface area contributed by atoms with Crippen LogP contribution in [0.2, 0.25) is 0 Å². The number of hydrogen-bond donors (Lipinski definition) is 0. The summed E-state index contributed by atoms with van der Waals surface area (Å²) in [4.78, 5) is 16.0. The molecule has 0 aliphatic heterocycles. The minimum absolute atomic E-state index is 0.0763. The number of nitrogens with zero attached hydrogens (tertiary/aromatic N) is 2. The van der Waals surface area contributed by atoms with E-state index in [4.69, 9.17) is 5.26 Å². The Hall–Kier alpha value is -1.90. The summed E-state index contributed by atoms with van der Waals surface area (Å²) < 4.78 is 1.06. The van der Waals surface area contributed by atoms with E-state index < -0.39 is 0 Å². The van der Waals surface area contributed by atoms with Crippen LogP contribution in [-0.2, 0) is 4.79 Å². The van der Waals surface area contributed by atoms with Gasteiger partial charge in [-0.25, -0.2) is 0 Å². The molecule has 3 rings (SSSR count). The molecule has 0 bridgehead atoms. The van der Waals surface area contributed by atoms with Crippen molar-refractivity contribution in [3.63, 3.8) is 0 Å². The molecular weight excluding hydrogens is 372 g/mol. The number of halogens is 1. The summed E-state index contributed by atoms with van der Waals surface area (Å²) in [6.07, 6.45) is 5.43. The normalized spacial score (nSPS) is 13.9. The Labute approximate surface area is 148 Å². The lowest BCUT2D eigenvalue weighted by molar-refractivity contribution is -0.125. The van der Waals surface area contributed by atoms with Crippen molar-refractivity contribution in [2.24, 2.45) is 0 Å². The highest BCUT2D eigenvalue weighted by Crippen LogP contribution is 2.30. The molecule has 0 radical (unpaired) electrons. The fourth-order valence-corrected chi connectivity index (χ4v) is 3.49. The van der Waals surface area contributed by atoms with Gasteiger partial charge < -0.3 is 4.90 Å². The second kappa shape index (κ2) is 7.12. The third-order valence-corrected chi connectivity index (χ3v) is 5.29. The van der Waals surface area contributed by atoms with Gasteiger partial charge in [-0.15, -0.1) is 11.3 Å². The van der Waals surface area contributed by atoms with Crippen molar-refractivity contribution in [2.75, 3.05) is 6.54 Å². The van der Waals surface area contributed by atoms with Gasteiger partial charge in [-0.05, 0) is 48.7 Å². The zero-order valence-electron chi connectivity index (χ0n) is 12.4. The predicted molar refractivity (Wildman–Crippen MR) is 96.8 cm³/mol.